The van der Waals surface area contributed by atoms with Gasteiger partial charge in [-0.25, -0.2) is 0 Å². The molecule has 0 amide bonds. The van der Waals surface area contributed by atoms with Crippen LogP contribution in [0.1, 0.15) is 32.6 Å². The van der Waals surface area contributed by atoms with E-state index >= 15 is 0 Å². The molecule has 5 nitrogen and oxygen atoms in total. The molecule has 1 saturated carbocycles. The van der Waals surface area contributed by atoms with Crippen LogP contribution in [0, 0.1) is 11.8 Å². The van der Waals surface area contributed by atoms with E-state index in [0.717, 1.165) is 12.8 Å². The highest BCUT2D eigenvalue weighted by atomic mass is 32.2. The summed E-state index contributed by atoms with van der Waals surface area (Å²) in [4.78, 5) is 0. The van der Waals surface area contributed by atoms with E-state index in [4.69, 9.17) is 5.73 Å². The molecule has 0 radical (unpaired) electrons. The fourth-order valence-corrected chi connectivity index (χ4v) is 4.87. The molecular formula is C12H23N3O2S. The Morgan fingerprint density at radius 2 is 1.61 bits per heavy atom. The van der Waals surface area contributed by atoms with E-state index in [1.807, 2.05) is 0 Å². The van der Waals surface area contributed by atoms with Crippen molar-refractivity contribution in [3.05, 3.63) is 0 Å². The van der Waals surface area contributed by atoms with Crippen LogP contribution < -0.4 is 5.73 Å². The lowest BCUT2D eigenvalue weighted by Gasteiger charge is -2.49. The summed E-state index contributed by atoms with van der Waals surface area (Å²) in [6.45, 7) is 4.56. The Morgan fingerprint density at radius 3 is 2.11 bits per heavy atom. The summed E-state index contributed by atoms with van der Waals surface area (Å²) < 4.78 is 28.0. The Hall–Kier alpha value is -0.170. The molecule has 0 unspecified atom stereocenters. The summed E-state index contributed by atoms with van der Waals surface area (Å²) in [6.07, 6.45) is 4.30. The largest absolute Gasteiger partial charge is 0.323 e. The zero-order valence-corrected chi connectivity index (χ0v) is 11.8. The average Bonchev–Trinajstić information content (AvgIpc) is 3.09. The number of hydrogen-bond acceptors (Lipinski definition) is 3. The molecule has 2 saturated heterocycles. The molecule has 104 valence electrons. The summed E-state index contributed by atoms with van der Waals surface area (Å²) in [5.74, 6) is 1.21. The summed E-state index contributed by atoms with van der Waals surface area (Å²) in [7, 11) is -3.24. The Morgan fingerprint density at radius 1 is 1.06 bits per heavy atom. The van der Waals surface area contributed by atoms with Crippen LogP contribution in [0.25, 0.3) is 0 Å². The summed E-state index contributed by atoms with van der Waals surface area (Å²) in [5.41, 5.74) is 6.00. The summed E-state index contributed by atoms with van der Waals surface area (Å²) >= 11 is 0. The topological polar surface area (TPSA) is 66.6 Å². The predicted molar refractivity (Wildman–Crippen MR) is 70.1 cm³/mol. The van der Waals surface area contributed by atoms with Gasteiger partial charge in [0.05, 0.1) is 0 Å². The van der Waals surface area contributed by atoms with Crippen molar-refractivity contribution in [2.45, 2.75) is 38.1 Å². The Bertz CT molecular complexity index is 419. The predicted octanol–water partition coefficient (Wildman–Crippen LogP) is 0.386. The third kappa shape index (κ3) is 2.09. The molecule has 0 aromatic rings. The Labute approximate surface area is 109 Å². The number of rotatable bonds is 3. The van der Waals surface area contributed by atoms with E-state index in [1.165, 1.54) is 12.8 Å². The maximum Gasteiger partial charge on any atom is 0.282 e. The van der Waals surface area contributed by atoms with Gasteiger partial charge in [0.1, 0.15) is 0 Å². The molecule has 3 rings (SSSR count). The van der Waals surface area contributed by atoms with Crippen LogP contribution in [0.3, 0.4) is 0 Å². The molecule has 3 fully saturated rings. The smallest absolute Gasteiger partial charge is 0.282 e. The first-order chi connectivity index (χ1) is 8.42. The maximum atomic E-state index is 12.4. The van der Waals surface area contributed by atoms with Gasteiger partial charge >= 0.3 is 0 Å². The standard InChI is InChI=1S/C12H23N3O2S/c1-10-4-6-14(7-5-10)18(16,17)15-8-12(13,9-15)11-2-3-11/h10-11H,2-9,13H2,1H3. The van der Waals surface area contributed by atoms with Gasteiger partial charge in [-0.15, -0.1) is 0 Å². The van der Waals surface area contributed by atoms with E-state index in [-0.39, 0.29) is 5.54 Å². The second-order valence-corrected chi connectivity index (χ2v) is 8.29. The Balaban J connectivity index is 1.62. The van der Waals surface area contributed by atoms with Gasteiger partial charge in [-0.2, -0.15) is 17.0 Å². The summed E-state index contributed by atoms with van der Waals surface area (Å²) in [6, 6.07) is 0. The van der Waals surface area contributed by atoms with Crippen LogP contribution >= 0.6 is 0 Å². The van der Waals surface area contributed by atoms with Crippen LogP contribution in [-0.2, 0) is 10.2 Å². The van der Waals surface area contributed by atoms with E-state index in [0.29, 0.717) is 38.0 Å². The van der Waals surface area contributed by atoms with Gasteiger partial charge in [-0.05, 0) is 37.5 Å². The molecular weight excluding hydrogens is 250 g/mol. The van der Waals surface area contributed by atoms with Crippen LogP contribution in [0.5, 0.6) is 0 Å². The fourth-order valence-electron chi connectivity index (χ4n) is 3.07. The van der Waals surface area contributed by atoms with Crippen molar-refractivity contribution < 1.29 is 8.42 Å². The lowest BCUT2D eigenvalue weighted by molar-refractivity contribution is 0.122. The molecule has 2 aliphatic heterocycles. The van der Waals surface area contributed by atoms with Crippen LogP contribution in [-0.4, -0.2) is 48.7 Å². The molecule has 1 aliphatic carbocycles. The van der Waals surface area contributed by atoms with Crippen molar-refractivity contribution in [2.24, 2.45) is 17.6 Å². The van der Waals surface area contributed by atoms with Crippen molar-refractivity contribution in [1.82, 2.24) is 8.61 Å². The molecule has 3 aliphatic rings. The normalized spacial score (nSPS) is 31.2. The van der Waals surface area contributed by atoms with Crippen molar-refractivity contribution in [1.29, 1.82) is 0 Å². The van der Waals surface area contributed by atoms with Gasteiger partial charge in [0.2, 0.25) is 0 Å². The molecule has 2 heterocycles. The fraction of sp³-hybridized carbons (Fsp3) is 1.00. The number of nitrogens with zero attached hydrogens (tertiary/aromatic N) is 2. The Kier molecular flexibility index (Phi) is 2.97. The SMILES string of the molecule is CC1CCN(S(=O)(=O)N2CC(N)(C3CC3)C2)CC1. The van der Waals surface area contributed by atoms with Crippen LogP contribution in [0.4, 0.5) is 0 Å². The number of piperidine rings is 1. The molecule has 0 aromatic carbocycles. The second-order valence-electron chi connectivity index (χ2n) is 6.36. The molecule has 2 N–H and O–H groups in total. The molecule has 0 spiro atoms. The lowest BCUT2D eigenvalue weighted by Crippen LogP contribution is -2.71. The highest BCUT2D eigenvalue weighted by molar-refractivity contribution is 7.86. The quantitative estimate of drug-likeness (QED) is 0.808. The van der Waals surface area contributed by atoms with Crippen molar-refractivity contribution in [2.75, 3.05) is 26.2 Å². The van der Waals surface area contributed by atoms with E-state index in [2.05, 4.69) is 6.92 Å². The number of hydrogen-bond donors (Lipinski definition) is 1. The van der Waals surface area contributed by atoms with Gasteiger partial charge in [0.25, 0.3) is 10.2 Å². The van der Waals surface area contributed by atoms with E-state index < -0.39 is 10.2 Å². The highest BCUT2D eigenvalue weighted by Crippen LogP contribution is 2.44. The second kappa shape index (κ2) is 4.16. The first kappa shape index (κ1) is 12.8. The molecule has 6 heteroatoms. The van der Waals surface area contributed by atoms with Crippen molar-refractivity contribution in [3.63, 3.8) is 0 Å². The van der Waals surface area contributed by atoms with Gasteiger partial charge in [-0.1, -0.05) is 6.92 Å². The molecule has 18 heavy (non-hydrogen) atoms. The minimum atomic E-state index is -3.24. The van der Waals surface area contributed by atoms with Gasteiger partial charge in [0, 0.05) is 31.7 Å². The van der Waals surface area contributed by atoms with E-state index in [1.54, 1.807) is 8.61 Å². The van der Waals surface area contributed by atoms with Crippen LogP contribution in [0.2, 0.25) is 0 Å². The minimum Gasteiger partial charge on any atom is -0.323 e. The third-order valence-electron chi connectivity index (χ3n) is 4.73. The van der Waals surface area contributed by atoms with Gasteiger partial charge in [0.15, 0.2) is 0 Å². The highest BCUT2D eigenvalue weighted by Gasteiger charge is 2.54. The zero-order chi connectivity index (χ0) is 13.0. The van der Waals surface area contributed by atoms with Crippen molar-refractivity contribution in [3.8, 4) is 0 Å². The molecule has 0 atom stereocenters. The van der Waals surface area contributed by atoms with Crippen molar-refractivity contribution >= 4 is 10.2 Å². The third-order valence-corrected chi connectivity index (χ3v) is 6.66. The zero-order valence-electron chi connectivity index (χ0n) is 11.0. The van der Waals surface area contributed by atoms with Gasteiger partial charge < -0.3 is 5.73 Å². The van der Waals surface area contributed by atoms with Gasteiger partial charge in [-0.3, -0.25) is 0 Å². The molecule has 0 aromatic heterocycles. The lowest BCUT2D eigenvalue weighted by atomic mass is 9.88. The maximum absolute atomic E-state index is 12.4. The average molecular weight is 273 g/mol. The number of nitrogens with two attached hydrogens (primary N) is 1. The summed E-state index contributed by atoms with van der Waals surface area (Å²) in [5, 5.41) is 0. The minimum absolute atomic E-state index is 0.226. The van der Waals surface area contributed by atoms with Crippen LogP contribution in [0.15, 0.2) is 0 Å². The monoisotopic (exact) mass is 273 g/mol. The van der Waals surface area contributed by atoms with E-state index in [9.17, 15) is 8.42 Å². The first-order valence-electron chi connectivity index (χ1n) is 6.96. The molecule has 0 bridgehead atoms. The first-order valence-corrected chi connectivity index (χ1v) is 8.36.